The van der Waals surface area contributed by atoms with Gasteiger partial charge in [-0.05, 0) is 56.7 Å². The number of hydrogen-bond donors (Lipinski definition) is 2. The third-order valence-electron chi connectivity index (χ3n) is 6.71. The summed E-state index contributed by atoms with van der Waals surface area (Å²) in [7, 11) is 1.56. The SMILES string of the molecule is CN1C(=O)c2cc(C(=O)NCCC3=CCCCC3)nn2CC1(C)C(=O)NCc1ccc(F)cc1. The molecule has 3 amide bonds. The Kier molecular flexibility index (Phi) is 6.81. The molecule has 9 heteroatoms. The van der Waals surface area contributed by atoms with Crippen molar-refractivity contribution in [3.8, 4) is 0 Å². The van der Waals surface area contributed by atoms with Gasteiger partial charge in [0.25, 0.3) is 11.8 Å². The van der Waals surface area contributed by atoms with Crippen molar-refractivity contribution in [1.29, 1.82) is 0 Å². The van der Waals surface area contributed by atoms with Crippen LogP contribution in [0.5, 0.6) is 0 Å². The quantitative estimate of drug-likeness (QED) is 0.612. The summed E-state index contributed by atoms with van der Waals surface area (Å²) in [4.78, 5) is 40.1. The minimum Gasteiger partial charge on any atom is -0.350 e. The maximum Gasteiger partial charge on any atom is 0.272 e. The highest BCUT2D eigenvalue weighted by atomic mass is 19.1. The molecule has 2 aliphatic rings. The Bertz CT molecular complexity index is 1120. The number of carbonyl (C=O) groups is 3. The number of carbonyl (C=O) groups excluding carboxylic acids is 3. The molecular formula is C25H30FN5O3. The second-order valence-corrected chi connectivity index (χ2v) is 9.13. The fourth-order valence-corrected chi connectivity index (χ4v) is 4.37. The molecule has 34 heavy (non-hydrogen) atoms. The number of nitrogens with zero attached hydrogens (tertiary/aromatic N) is 3. The molecule has 1 unspecified atom stereocenters. The molecule has 2 N–H and O–H groups in total. The van der Waals surface area contributed by atoms with Crippen LogP contribution in [0.25, 0.3) is 0 Å². The number of benzene rings is 1. The molecule has 0 spiro atoms. The maximum absolute atomic E-state index is 13.1. The highest BCUT2D eigenvalue weighted by Crippen LogP contribution is 2.26. The zero-order valence-corrected chi connectivity index (χ0v) is 19.6. The molecule has 0 saturated heterocycles. The first kappa shape index (κ1) is 23.7. The van der Waals surface area contributed by atoms with E-state index in [1.807, 2.05) is 0 Å². The van der Waals surface area contributed by atoms with E-state index in [0.717, 1.165) is 24.8 Å². The predicted molar refractivity (Wildman–Crippen MR) is 124 cm³/mol. The van der Waals surface area contributed by atoms with E-state index in [1.54, 1.807) is 26.1 Å². The maximum atomic E-state index is 13.1. The summed E-state index contributed by atoms with van der Waals surface area (Å²) in [6.07, 6.45) is 7.66. The normalized spacial score (nSPS) is 19.9. The number of nitrogens with one attached hydrogen (secondary N) is 2. The molecule has 0 bridgehead atoms. The fraction of sp³-hybridized carbons (Fsp3) is 0.440. The smallest absolute Gasteiger partial charge is 0.272 e. The van der Waals surface area contributed by atoms with Gasteiger partial charge in [-0.2, -0.15) is 5.10 Å². The summed E-state index contributed by atoms with van der Waals surface area (Å²) in [5.41, 5.74) is 1.34. The van der Waals surface area contributed by atoms with Gasteiger partial charge in [0, 0.05) is 26.2 Å². The van der Waals surface area contributed by atoms with E-state index in [2.05, 4.69) is 21.8 Å². The van der Waals surface area contributed by atoms with Crippen LogP contribution in [0.1, 0.15) is 65.6 Å². The third kappa shape index (κ3) is 4.88. The van der Waals surface area contributed by atoms with Crippen molar-refractivity contribution in [3.63, 3.8) is 0 Å². The zero-order chi connectivity index (χ0) is 24.3. The first-order valence-electron chi connectivity index (χ1n) is 11.6. The average Bonchev–Trinajstić information content (AvgIpc) is 3.26. The molecule has 0 radical (unpaired) electrons. The number of likely N-dealkylation sites (N-methyl/N-ethyl adjacent to an activating group) is 1. The van der Waals surface area contributed by atoms with Crippen LogP contribution in [0.4, 0.5) is 4.39 Å². The van der Waals surface area contributed by atoms with Crippen LogP contribution < -0.4 is 10.6 Å². The van der Waals surface area contributed by atoms with E-state index < -0.39 is 5.54 Å². The highest BCUT2D eigenvalue weighted by molar-refractivity contribution is 6.01. The van der Waals surface area contributed by atoms with Crippen molar-refractivity contribution >= 4 is 17.7 Å². The Labute approximate surface area is 198 Å². The average molecular weight is 468 g/mol. The number of aromatic nitrogens is 2. The minimum absolute atomic E-state index is 0.111. The van der Waals surface area contributed by atoms with Crippen LogP contribution in [-0.4, -0.2) is 51.5 Å². The van der Waals surface area contributed by atoms with Gasteiger partial charge >= 0.3 is 0 Å². The lowest BCUT2D eigenvalue weighted by Crippen LogP contribution is -2.62. The fourth-order valence-electron chi connectivity index (χ4n) is 4.37. The summed E-state index contributed by atoms with van der Waals surface area (Å²) in [5, 5.41) is 10.0. The van der Waals surface area contributed by atoms with E-state index >= 15 is 0 Å². The van der Waals surface area contributed by atoms with Gasteiger partial charge in [-0.15, -0.1) is 0 Å². The van der Waals surface area contributed by atoms with E-state index in [9.17, 15) is 18.8 Å². The highest BCUT2D eigenvalue weighted by Gasteiger charge is 2.46. The Morgan fingerprint density at radius 2 is 1.94 bits per heavy atom. The molecular weight excluding hydrogens is 437 g/mol. The first-order valence-corrected chi connectivity index (χ1v) is 11.6. The minimum atomic E-state index is -1.20. The summed E-state index contributed by atoms with van der Waals surface area (Å²) in [5.74, 6) is -1.43. The molecule has 1 aliphatic carbocycles. The van der Waals surface area contributed by atoms with Crippen LogP contribution in [-0.2, 0) is 17.9 Å². The van der Waals surface area contributed by atoms with Crippen molar-refractivity contribution in [1.82, 2.24) is 25.3 Å². The van der Waals surface area contributed by atoms with Crippen molar-refractivity contribution < 1.29 is 18.8 Å². The van der Waals surface area contributed by atoms with E-state index in [1.165, 1.54) is 46.2 Å². The Hall–Kier alpha value is -3.49. The van der Waals surface area contributed by atoms with Gasteiger partial charge in [0.15, 0.2) is 5.69 Å². The standard InChI is InChI=1S/C25H30FN5O3/c1-25(24(34)28-15-18-8-10-19(26)11-9-18)16-31-21(23(33)30(25)2)14-20(29-31)22(32)27-13-12-17-6-4-3-5-7-17/h6,8-11,14H,3-5,7,12-13,15-16H2,1-2H3,(H,27,32)(H,28,34). The molecule has 2 heterocycles. The summed E-state index contributed by atoms with van der Waals surface area (Å²) in [6.45, 7) is 2.49. The van der Waals surface area contributed by atoms with Crippen LogP contribution >= 0.6 is 0 Å². The van der Waals surface area contributed by atoms with Gasteiger partial charge in [0.2, 0.25) is 5.91 Å². The van der Waals surface area contributed by atoms with Gasteiger partial charge in [-0.1, -0.05) is 23.8 Å². The number of hydrogen-bond acceptors (Lipinski definition) is 4. The molecule has 180 valence electrons. The number of fused-ring (bicyclic) bond motifs is 1. The molecule has 0 fully saturated rings. The first-order chi connectivity index (χ1) is 16.3. The Morgan fingerprint density at radius 3 is 2.65 bits per heavy atom. The van der Waals surface area contributed by atoms with Crippen molar-refractivity contribution in [2.45, 2.75) is 57.7 Å². The Balaban J connectivity index is 1.41. The van der Waals surface area contributed by atoms with Crippen LogP contribution in [0.15, 0.2) is 42.0 Å². The summed E-state index contributed by atoms with van der Waals surface area (Å²) >= 11 is 0. The van der Waals surface area contributed by atoms with E-state index in [-0.39, 0.29) is 48.0 Å². The topological polar surface area (TPSA) is 96.3 Å². The lowest BCUT2D eigenvalue weighted by molar-refractivity contribution is -0.132. The van der Waals surface area contributed by atoms with E-state index in [0.29, 0.717) is 6.54 Å². The van der Waals surface area contributed by atoms with Gasteiger partial charge in [-0.3, -0.25) is 19.1 Å². The van der Waals surface area contributed by atoms with Gasteiger partial charge < -0.3 is 15.5 Å². The predicted octanol–water partition coefficient (Wildman–Crippen LogP) is 2.80. The molecule has 1 atom stereocenters. The molecule has 8 nitrogen and oxygen atoms in total. The monoisotopic (exact) mass is 467 g/mol. The third-order valence-corrected chi connectivity index (χ3v) is 6.71. The molecule has 4 rings (SSSR count). The molecule has 1 aromatic carbocycles. The molecule has 1 aliphatic heterocycles. The van der Waals surface area contributed by atoms with Gasteiger partial charge in [0.05, 0.1) is 6.54 Å². The number of rotatable bonds is 7. The summed E-state index contributed by atoms with van der Waals surface area (Å²) < 4.78 is 14.5. The molecule has 2 aromatic rings. The molecule has 0 saturated carbocycles. The number of allylic oxidation sites excluding steroid dienone is 1. The lowest BCUT2D eigenvalue weighted by Gasteiger charge is -2.40. The van der Waals surface area contributed by atoms with Crippen LogP contribution in [0, 0.1) is 5.82 Å². The van der Waals surface area contributed by atoms with E-state index in [4.69, 9.17) is 0 Å². The second-order valence-electron chi connectivity index (χ2n) is 9.13. The van der Waals surface area contributed by atoms with Crippen LogP contribution in [0.3, 0.4) is 0 Å². The van der Waals surface area contributed by atoms with Crippen LogP contribution in [0.2, 0.25) is 0 Å². The van der Waals surface area contributed by atoms with Crippen molar-refractivity contribution in [2.75, 3.05) is 13.6 Å². The number of halogens is 1. The van der Waals surface area contributed by atoms with Crippen molar-refractivity contribution in [3.05, 3.63) is 64.7 Å². The summed E-state index contributed by atoms with van der Waals surface area (Å²) in [6, 6.07) is 7.32. The Morgan fingerprint density at radius 1 is 1.18 bits per heavy atom. The number of amides is 3. The van der Waals surface area contributed by atoms with Gasteiger partial charge in [0.1, 0.15) is 17.1 Å². The second kappa shape index (κ2) is 9.79. The van der Waals surface area contributed by atoms with Crippen molar-refractivity contribution in [2.24, 2.45) is 0 Å². The zero-order valence-electron chi connectivity index (χ0n) is 19.6. The molecule has 1 aromatic heterocycles. The lowest BCUT2D eigenvalue weighted by atomic mass is 9.96. The van der Waals surface area contributed by atoms with Gasteiger partial charge in [-0.25, -0.2) is 4.39 Å². The largest absolute Gasteiger partial charge is 0.350 e.